The van der Waals surface area contributed by atoms with Gasteiger partial charge in [0, 0.05) is 12.2 Å². The summed E-state index contributed by atoms with van der Waals surface area (Å²) >= 11 is 3.96. The monoisotopic (exact) mass is 560 g/mol. The smallest absolute Gasteiger partial charge is 0.327 e. The molecule has 12 heteroatoms. The Labute approximate surface area is 232 Å². The van der Waals surface area contributed by atoms with Crippen LogP contribution in [0.2, 0.25) is 0 Å². The molecule has 39 heavy (non-hydrogen) atoms. The number of hydrogen-bond donors (Lipinski definition) is 8. The molecule has 0 aliphatic heterocycles. The van der Waals surface area contributed by atoms with Crippen molar-refractivity contribution >= 4 is 36.3 Å². The normalized spacial score (nSPS) is 14.1. The lowest BCUT2D eigenvalue weighted by Crippen LogP contribution is -2.58. The molecule has 0 fully saturated rings. The van der Waals surface area contributed by atoms with Crippen molar-refractivity contribution in [3.63, 3.8) is 0 Å². The van der Waals surface area contributed by atoms with Crippen LogP contribution in [-0.4, -0.2) is 68.9 Å². The molecule has 0 radical (unpaired) electrons. The molecule has 2 rings (SSSR count). The first-order chi connectivity index (χ1) is 18.4. The Morgan fingerprint density at radius 2 is 1.18 bits per heavy atom. The van der Waals surface area contributed by atoms with E-state index in [1.165, 1.54) is 24.3 Å². The van der Waals surface area contributed by atoms with Crippen molar-refractivity contribution in [1.82, 2.24) is 16.0 Å². The van der Waals surface area contributed by atoms with Gasteiger partial charge in [0.25, 0.3) is 0 Å². The zero-order valence-electron chi connectivity index (χ0n) is 21.8. The van der Waals surface area contributed by atoms with E-state index in [9.17, 15) is 34.5 Å². The zero-order valence-corrected chi connectivity index (χ0v) is 22.7. The van der Waals surface area contributed by atoms with Crippen LogP contribution in [0, 0.1) is 5.92 Å². The molecule has 212 valence electrons. The molecule has 8 N–H and O–H groups in total. The van der Waals surface area contributed by atoms with E-state index in [2.05, 4.69) is 28.6 Å². The lowest BCUT2D eigenvalue weighted by Gasteiger charge is -2.26. The summed E-state index contributed by atoms with van der Waals surface area (Å²) in [5.74, 6) is -3.26. The number of thiol groups is 1. The molecule has 0 spiro atoms. The first-order valence-electron chi connectivity index (χ1n) is 12.5. The van der Waals surface area contributed by atoms with E-state index in [-0.39, 0.29) is 42.4 Å². The molecule has 4 unspecified atom stereocenters. The highest BCUT2D eigenvalue weighted by Crippen LogP contribution is 2.14. The highest BCUT2D eigenvalue weighted by molar-refractivity contribution is 7.80. The molecule has 0 bridgehead atoms. The molecule has 0 saturated carbocycles. The van der Waals surface area contributed by atoms with Gasteiger partial charge in [0.1, 0.15) is 29.6 Å². The Balaban J connectivity index is 2.22. The van der Waals surface area contributed by atoms with Gasteiger partial charge in [0.2, 0.25) is 17.7 Å². The van der Waals surface area contributed by atoms with E-state index in [1.54, 1.807) is 24.3 Å². The molecular weight excluding hydrogens is 524 g/mol. The maximum atomic E-state index is 13.4. The number of aromatic hydroxyl groups is 2. The fourth-order valence-electron chi connectivity index (χ4n) is 3.77. The Bertz CT molecular complexity index is 1130. The molecule has 11 nitrogen and oxygen atoms in total. The summed E-state index contributed by atoms with van der Waals surface area (Å²) in [5, 5.41) is 36.0. The van der Waals surface area contributed by atoms with Gasteiger partial charge >= 0.3 is 5.97 Å². The number of phenols is 2. The third kappa shape index (κ3) is 10.5. The van der Waals surface area contributed by atoms with Crippen LogP contribution in [0.3, 0.4) is 0 Å². The minimum atomic E-state index is -1.26. The van der Waals surface area contributed by atoms with E-state index < -0.39 is 47.9 Å². The number of hydrogen-bond acceptors (Lipinski definition) is 8. The van der Waals surface area contributed by atoms with Gasteiger partial charge in [0.05, 0.1) is 6.04 Å². The van der Waals surface area contributed by atoms with Crippen LogP contribution in [-0.2, 0) is 32.0 Å². The van der Waals surface area contributed by atoms with Gasteiger partial charge in [-0.05, 0) is 54.2 Å². The van der Waals surface area contributed by atoms with Crippen molar-refractivity contribution in [2.45, 2.75) is 57.3 Å². The lowest BCUT2D eigenvalue weighted by molar-refractivity contribution is -0.141. The number of carboxylic acid groups (broad SMARTS) is 1. The predicted molar refractivity (Wildman–Crippen MR) is 148 cm³/mol. The highest BCUT2D eigenvalue weighted by atomic mass is 32.1. The molecule has 0 aromatic heterocycles. The molecule has 0 aliphatic carbocycles. The summed E-state index contributed by atoms with van der Waals surface area (Å²) in [6, 6.07) is 7.86. The van der Waals surface area contributed by atoms with E-state index in [0.29, 0.717) is 11.1 Å². The Morgan fingerprint density at radius 3 is 1.64 bits per heavy atom. The van der Waals surface area contributed by atoms with Gasteiger partial charge < -0.3 is 37.0 Å². The van der Waals surface area contributed by atoms with Crippen molar-refractivity contribution in [1.29, 1.82) is 0 Å². The van der Waals surface area contributed by atoms with Gasteiger partial charge in [-0.25, -0.2) is 4.79 Å². The third-order valence-electron chi connectivity index (χ3n) is 5.88. The summed E-state index contributed by atoms with van der Waals surface area (Å²) in [7, 11) is 0. The fourth-order valence-corrected chi connectivity index (χ4v) is 4.01. The number of carbonyl (C=O) groups excluding carboxylic acids is 3. The molecule has 0 aliphatic rings. The van der Waals surface area contributed by atoms with Crippen molar-refractivity contribution in [3.05, 3.63) is 59.7 Å². The Kier molecular flexibility index (Phi) is 12.1. The molecule has 0 heterocycles. The minimum absolute atomic E-state index is 0.0239. The van der Waals surface area contributed by atoms with Crippen LogP contribution in [0.15, 0.2) is 48.5 Å². The number of aliphatic carboxylic acids is 1. The van der Waals surface area contributed by atoms with Crippen LogP contribution in [0.1, 0.15) is 31.4 Å². The van der Waals surface area contributed by atoms with E-state index >= 15 is 0 Å². The SMILES string of the molecule is CC(C)CC(NC(=O)C(Cc1ccc(O)cc1)NC(=O)C(N)Cc1ccc(O)cc1)C(=O)NC(CS)C(=O)O. The van der Waals surface area contributed by atoms with Crippen LogP contribution in [0.4, 0.5) is 0 Å². The van der Waals surface area contributed by atoms with Gasteiger partial charge in [-0.3, -0.25) is 14.4 Å². The predicted octanol–water partition coefficient (Wildman–Crippen LogP) is 0.725. The summed E-state index contributed by atoms with van der Waals surface area (Å²) in [6.45, 7) is 3.69. The second kappa shape index (κ2) is 15.0. The standard InChI is InChI=1S/C27H36N4O7S/c1-15(2)11-21(25(35)31-23(14-39)27(37)38)30-26(36)22(13-17-5-9-19(33)10-6-17)29-24(34)20(28)12-16-3-7-18(32)8-4-16/h3-10,15,20-23,32-33,39H,11-14,28H2,1-2H3,(H,29,34)(H,30,36)(H,31,35)(H,37,38). The number of phenolic OH excluding ortho intramolecular Hbond substituents is 2. The molecular formula is C27H36N4O7S. The lowest BCUT2D eigenvalue weighted by atomic mass is 10.00. The van der Waals surface area contributed by atoms with E-state index in [0.717, 1.165) is 0 Å². The van der Waals surface area contributed by atoms with Crippen molar-refractivity contribution in [2.24, 2.45) is 11.7 Å². The second-order valence-electron chi connectivity index (χ2n) is 9.68. The van der Waals surface area contributed by atoms with Crippen molar-refractivity contribution < 1.29 is 34.5 Å². The van der Waals surface area contributed by atoms with Gasteiger partial charge in [-0.2, -0.15) is 12.6 Å². The summed E-state index contributed by atoms with van der Waals surface area (Å²) in [6.07, 6.45) is 0.406. The summed E-state index contributed by atoms with van der Waals surface area (Å²) in [4.78, 5) is 50.6. The number of nitrogens with two attached hydrogens (primary N) is 1. The highest BCUT2D eigenvalue weighted by Gasteiger charge is 2.30. The molecule has 4 atom stereocenters. The van der Waals surface area contributed by atoms with Crippen LogP contribution in [0.25, 0.3) is 0 Å². The second-order valence-corrected chi connectivity index (χ2v) is 10.0. The van der Waals surface area contributed by atoms with E-state index in [4.69, 9.17) is 5.73 Å². The number of carbonyl (C=O) groups is 4. The average Bonchev–Trinajstić information content (AvgIpc) is 2.88. The number of rotatable bonds is 14. The zero-order chi connectivity index (χ0) is 29.1. The Morgan fingerprint density at radius 1 is 0.744 bits per heavy atom. The molecule has 2 aromatic carbocycles. The number of amides is 3. The molecule has 2 aromatic rings. The Hall–Kier alpha value is -3.77. The minimum Gasteiger partial charge on any atom is -0.508 e. The van der Waals surface area contributed by atoms with Gasteiger partial charge in [-0.15, -0.1) is 0 Å². The maximum Gasteiger partial charge on any atom is 0.327 e. The first-order valence-corrected chi connectivity index (χ1v) is 13.1. The van der Waals surface area contributed by atoms with Crippen molar-refractivity contribution in [3.8, 4) is 11.5 Å². The average molecular weight is 561 g/mol. The number of benzene rings is 2. The summed E-state index contributed by atoms with van der Waals surface area (Å²) < 4.78 is 0. The quantitative estimate of drug-likeness (QED) is 0.155. The van der Waals surface area contributed by atoms with Gasteiger partial charge in [-0.1, -0.05) is 38.1 Å². The van der Waals surface area contributed by atoms with E-state index in [1.807, 2.05) is 13.8 Å². The fraction of sp³-hybridized carbons (Fsp3) is 0.407. The topological polar surface area (TPSA) is 191 Å². The van der Waals surface area contributed by atoms with Crippen LogP contribution < -0.4 is 21.7 Å². The number of carboxylic acids is 1. The largest absolute Gasteiger partial charge is 0.508 e. The third-order valence-corrected chi connectivity index (χ3v) is 6.24. The van der Waals surface area contributed by atoms with Crippen LogP contribution in [0.5, 0.6) is 11.5 Å². The van der Waals surface area contributed by atoms with Gasteiger partial charge in [0.15, 0.2) is 0 Å². The summed E-state index contributed by atoms with van der Waals surface area (Å²) in [5.41, 5.74) is 7.44. The first kappa shape index (κ1) is 31.4. The number of nitrogens with one attached hydrogen (secondary N) is 3. The molecule has 0 saturated heterocycles. The van der Waals surface area contributed by atoms with Crippen molar-refractivity contribution in [2.75, 3.05) is 5.75 Å². The molecule has 3 amide bonds. The van der Waals surface area contributed by atoms with Crippen LogP contribution >= 0.6 is 12.6 Å². The maximum absolute atomic E-state index is 13.4.